The molecule has 0 aliphatic heterocycles. The summed E-state index contributed by atoms with van der Waals surface area (Å²) in [4.78, 5) is 34.7. The smallest absolute Gasteiger partial charge is 0.272 e. The Hall–Kier alpha value is -2.56. The second-order valence-electron chi connectivity index (χ2n) is 10.9. The Kier molecular flexibility index (Phi) is 11.4. The molecule has 34 heavy (non-hydrogen) atoms. The molecule has 1 aromatic heterocycles. The highest BCUT2D eigenvalue weighted by Gasteiger charge is 2.30. The summed E-state index contributed by atoms with van der Waals surface area (Å²) >= 11 is 0. The average molecular weight is 466 g/mol. The number of rotatable bonds is 14. The number of aromatic nitrogens is 2. The maximum atomic E-state index is 13.7. The van der Waals surface area contributed by atoms with E-state index in [4.69, 9.17) is 0 Å². The molecule has 1 amide bonds. The van der Waals surface area contributed by atoms with Crippen LogP contribution in [0.3, 0.4) is 0 Å². The molecule has 0 saturated carbocycles. The first-order chi connectivity index (χ1) is 16.2. The number of carbonyl (C=O) groups is 2. The van der Waals surface area contributed by atoms with Gasteiger partial charge >= 0.3 is 0 Å². The summed E-state index contributed by atoms with van der Waals surface area (Å²) in [6.07, 6.45) is 8.68. The second-order valence-corrected chi connectivity index (χ2v) is 10.9. The maximum absolute atomic E-state index is 13.7. The fraction of sp³-hybridized carbons (Fsp3) is 0.586. The van der Waals surface area contributed by atoms with Crippen molar-refractivity contribution >= 4 is 11.7 Å². The molecular weight excluding hydrogens is 422 g/mol. The Morgan fingerprint density at radius 2 is 1.41 bits per heavy atom. The van der Waals surface area contributed by atoms with Crippen molar-refractivity contribution in [3.05, 3.63) is 60.2 Å². The van der Waals surface area contributed by atoms with Crippen molar-refractivity contribution in [2.75, 3.05) is 0 Å². The van der Waals surface area contributed by atoms with Crippen molar-refractivity contribution in [3.8, 4) is 0 Å². The highest BCUT2D eigenvalue weighted by molar-refractivity contribution is 5.96. The number of amides is 1. The first kappa shape index (κ1) is 27.7. The van der Waals surface area contributed by atoms with Gasteiger partial charge in [0.25, 0.3) is 5.91 Å². The fourth-order valence-corrected chi connectivity index (χ4v) is 4.88. The van der Waals surface area contributed by atoms with E-state index in [1.54, 1.807) is 0 Å². The normalized spacial score (nSPS) is 13.5. The summed E-state index contributed by atoms with van der Waals surface area (Å²) in [6.45, 7) is 13.5. The van der Waals surface area contributed by atoms with Gasteiger partial charge in [-0.15, -0.1) is 0 Å². The van der Waals surface area contributed by atoms with Gasteiger partial charge in [-0.05, 0) is 60.8 Å². The monoisotopic (exact) mass is 465 g/mol. The van der Waals surface area contributed by atoms with Crippen LogP contribution in [0, 0.1) is 29.6 Å². The van der Waals surface area contributed by atoms with Crippen LogP contribution in [0.15, 0.2) is 48.9 Å². The Morgan fingerprint density at radius 1 is 0.824 bits per heavy atom. The molecule has 1 N–H and O–H groups in total. The van der Waals surface area contributed by atoms with Crippen LogP contribution >= 0.6 is 0 Å². The lowest BCUT2D eigenvalue weighted by atomic mass is 9.74. The number of hydrogen-bond donors (Lipinski definition) is 1. The van der Waals surface area contributed by atoms with Crippen molar-refractivity contribution in [1.82, 2.24) is 15.3 Å². The summed E-state index contributed by atoms with van der Waals surface area (Å²) in [7, 11) is 0. The van der Waals surface area contributed by atoms with Gasteiger partial charge in [0.05, 0.1) is 12.2 Å². The average Bonchev–Trinajstić information content (AvgIpc) is 2.78. The predicted octanol–water partition coefficient (Wildman–Crippen LogP) is 6.15. The molecule has 5 nitrogen and oxygen atoms in total. The molecule has 2 aromatic rings. The Bertz CT molecular complexity index is 855. The minimum Gasteiger partial charge on any atom is -0.341 e. The lowest BCUT2D eigenvalue weighted by molar-refractivity contribution is -0.122. The molecule has 1 heterocycles. The van der Waals surface area contributed by atoms with E-state index in [-0.39, 0.29) is 17.4 Å². The van der Waals surface area contributed by atoms with Gasteiger partial charge in [0.2, 0.25) is 0 Å². The zero-order chi connectivity index (χ0) is 25.1. The molecule has 2 rings (SSSR count). The molecule has 0 bridgehead atoms. The van der Waals surface area contributed by atoms with Crippen LogP contribution in [-0.4, -0.2) is 27.7 Å². The van der Waals surface area contributed by atoms with Gasteiger partial charge in [-0.3, -0.25) is 14.6 Å². The summed E-state index contributed by atoms with van der Waals surface area (Å²) < 4.78 is 0. The largest absolute Gasteiger partial charge is 0.341 e. The first-order valence-corrected chi connectivity index (χ1v) is 12.8. The van der Waals surface area contributed by atoms with Crippen LogP contribution in [0.5, 0.6) is 0 Å². The molecule has 186 valence electrons. The SMILES string of the molecule is CC(C)CC(CC(=O)C(Cc1ccccc1)NC(=O)c1cnccn1)C(CC(C)C)CC(C)C. The van der Waals surface area contributed by atoms with Crippen molar-refractivity contribution in [1.29, 1.82) is 0 Å². The van der Waals surface area contributed by atoms with Gasteiger partial charge in [-0.2, -0.15) is 0 Å². The molecule has 0 radical (unpaired) electrons. The molecule has 0 aliphatic carbocycles. The van der Waals surface area contributed by atoms with E-state index >= 15 is 0 Å². The van der Waals surface area contributed by atoms with Crippen molar-refractivity contribution in [3.63, 3.8) is 0 Å². The highest BCUT2D eigenvalue weighted by Crippen LogP contribution is 2.34. The van der Waals surface area contributed by atoms with Crippen molar-refractivity contribution < 1.29 is 9.59 Å². The van der Waals surface area contributed by atoms with Crippen LogP contribution in [0.1, 0.15) is 83.3 Å². The number of hydrogen-bond acceptors (Lipinski definition) is 4. The van der Waals surface area contributed by atoms with E-state index in [9.17, 15) is 9.59 Å². The zero-order valence-corrected chi connectivity index (χ0v) is 21.8. The van der Waals surface area contributed by atoms with E-state index in [0.717, 1.165) is 24.8 Å². The molecule has 5 heteroatoms. The van der Waals surface area contributed by atoms with E-state index in [1.165, 1.54) is 18.6 Å². The topological polar surface area (TPSA) is 72.0 Å². The molecule has 2 unspecified atom stereocenters. The third kappa shape index (κ3) is 9.74. The van der Waals surface area contributed by atoms with E-state index in [0.29, 0.717) is 42.4 Å². The van der Waals surface area contributed by atoms with E-state index in [1.807, 2.05) is 30.3 Å². The minimum atomic E-state index is -0.592. The van der Waals surface area contributed by atoms with Gasteiger partial charge in [0.15, 0.2) is 5.78 Å². The third-order valence-corrected chi connectivity index (χ3v) is 6.22. The molecule has 1 aromatic carbocycles. The van der Waals surface area contributed by atoms with Crippen molar-refractivity contribution in [2.24, 2.45) is 29.6 Å². The summed E-state index contributed by atoms with van der Waals surface area (Å²) in [5, 5.41) is 2.97. The number of nitrogens with zero attached hydrogens (tertiary/aromatic N) is 2. The quantitative estimate of drug-likeness (QED) is 0.363. The van der Waals surface area contributed by atoms with E-state index < -0.39 is 6.04 Å². The lowest BCUT2D eigenvalue weighted by Crippen LogP contribution is -2.44. The number of nitrogens with one attached hydrogen (secondary N) is 1. The Balaban J connectivity index is 2.26. The number of benzene rings is 1. The maximum Gasteiger partial charge on any atom is 0.272 e. The molecule has 0 spiro atoms. The van der Waals surface area contributed by atoms with Gasteiger partial charge in [0, 0.05) is 18.8 Å². The molecule has 0 saturated heterocycles. The molecule has 2 atom stereocenters. The van der Waals surface area contributed by atoms with Gasteiger partial charge < -0.3 is 5.32 Å². The second kappa shape index (κ2) is 14.0. The Labute approximate surface area is 206 Å². The van der Waals surface area contributed by atoms with Crippen LogP contribution in [-0.2, 0) is 11.2 Å². The lowest BCUT2D eigenvalue weighted by Gasteiger charge is -2.32. The molecular formula is C29H43N3O2. The van der Waals surface area contributed by atoms with Crippen LogP contribution in [0.4, 0.5) is 0 Å². The van der Waals surface area contributed by atoms with Gasteiger partial charge in [0.1, 0.15) is 5.69 Å². The fourth-order valence-electron chi connectivity index (χ4n) is 4.88. The van der Waals surface area contributed by atoms with Gasteiger partial charge in [-0.1, -0.05) is 71.9 Å². The Morgan fingerprint density at radius 3 is 1.94 bits per heavy atom. The highest BCUT2D eigenvalue weighted by atomic mass is 16.2. The predicted molar refractivity (Wildman–Crippen MR) is 138 cm³/mol. The number of ketones is 1. The van der Waals surface area contributed by atoms with Crippen molar-refractivity contribution in [2.45, 2.75) is 79.7 Å². The number of carbonyl (C=O) groups excluding carboxylic acids is 2. The molecule has 0 fully saturated rings. The summed E-state index contributed by atoms with van der Waals surface area (Å²) in [5.41, 5.74) is 1.26. The summed E-state index contributed by atoms with van der Waals surface area (Å²) in [6, 6.07) is 9.29. The third-order valence-electron chi connectivity index (χ3n) is 6.22. The van der Waals surface area contributed by atoms with E-state index in [2.05, 4.69) is 56.8 Å². The zero-order valence-electron chi connectivity index (χ0n) is 21.8. The number of Topliss-reactive ketones (excluding diaryl/α,β-unsaturated/α-hetero) is 1. The molecule has 0 aliphatic rings. The van der Waals surface area contributed by atoms with Crippen LogP contribution in [0.25, 0.3) is 0 Å². The van der Waals surface area contributed by atoms with Crippen LogP contribution < -0.4 is 5.32 Å². The minimum absolute atomic E-state index is 0.101. The van der Waals surface area contributed by atoms with Crippen LogP contribution in [0.2, 0.25) is 0 Å². The summed E-state index contributed by atoms with van der Waals surface area (Å²) in [5.74, 6) is 2.24. The standard InChI is InChI=1S/C29H43N3O2/c1-20(2)14-24(15-21(3)4)25(16-22(5)6)18-28(33)26(17-23-10-8-7-9-11-23)32-29(34)27-19-30-12-13-31-27/h7-13,19-22,24-26H,14-18H2,1-6H3,(H,32,34). The van der Waals surface area contributed by atoms with Gasteiger partial charge in [-0.25, -0.2) is 4.98 Å². The first-order valence-electron chi connectivity index (χ1n) is 12.8.